The lowest BCUT2D eigenvalue weighted by molar-refractivity contribution is 0.215. The first kappa shape index (κ1) is 13.4. The molecule has 0 saturated carbocycles. The maximum atomic E-state index is 11.8. The van der Waals surface area contributed by atoms with Crippen molar-refractivity contribution in [2.45, 2.75) is 13.8 Å². The highest BCUT2D eigenvalue weighted by molar-refractivity contribution is 6.30. The van der Waals surface area contributed by atoms with Gasteiger partial charge in [0.15, 0.2) is 0 Å². The average molecular weight is 276 g/mol. The Balaban J connectivity index is 2.05. The van der Waals surface area contributed by atoms with Crippen LogP contribution in [0.15, 0.2) is 42.5 Å². The van der Waals surface area contributed by atoms with Gasteiger partial charge < -0.3 is 4.74 Å². The molecule has 1 amide bonds. The Morgan fingerprint density at radius 2 is 1.79 bits per heavy atom. The van der Waals surface area contributed by atoms with Gasteiger partial charge in [0.1, 0.15) is 5.75 Å². The fourth-order valence-corrected chi connectivity index (χ4v) is 1.74. The van der Waals surface area contributed by atoms with Gasteiger partial charge in [0, 0.05) is 10.7 Å². The van der Waals surface area contributed by atoms with Gasteiger partial charge in [0.05, 0.1) is 0 Å². The summed E-state index contributed by atoms with van der Waals surface area (Å²) in [6.07, 6.45) is -0.518. The van der Waals surface area contributed by atoms with Crippen LogP contribution in [0.4, 0.5) is 10.5 Å². The molecule has 4 heteroatoms. The number of carbonyl (C=O) groups is 1. The van der Waals surface area contributed by atoms with Crippen molar-refractivity contribution in [2.24, 2.45) is 0 Å². The van der Waals surface area contributed by atoms with E-state index in [9.17, 15) is 4.79 Å². The molecule has 1 N–H and O–H groups in total. The molecular formula is C15H14ClNO2. The van der Waals surface area contributed by atoms with Crippen molar-refractivity contribution in [2.75, 3.05) is 5.32 Å². The van der Waals surface area contributed by atoms with Crippen molar-refractivity contribution in [1.82, 2.24) is 0 Å². The van der Waals surface area contributed by atoms with Crippen molar-refractivity contribution in [3.63, 3.8) is 0 Å². The molecule has 0 fully saturated rings. The van der Waals surface area contributed by atoms with Gasteiger partial charge >= 0.3 is 6.09 Å². The number of nitrogens with one attached hydrogen (secondary N) is 1. The number of aryl methyl sites for hydroxylation is 2. The average Bonchev–Trinajstić information content (AvgIpc) is 2.37. The molecular weight excluding hydrogens is 262 g/mol. The number of ether oxygens (including phenoxy) is 1. The van der Waals surface area contributed by atoms with Crippen molar-refractivity contribution >= 4 is 23.4 Å². The van der Waals surface area contributed by atoms with Gasteiger partial charge in [-0.3, -0.25) is 5.32 Å². The minimum Gasteiger partial charge on any atom is -0.410 e. The molecule has 0 radical (unpaired) electrons. The van der Waals surface area contributed by atoms with Gasteiger partial charge in [-0.1, -0.05) is 23.7 Å². The second-order valence-corrected chi connectivity index (χ2v) is 4.72. The van der Waals surface area contributed by atoms with E-state index in [2.05, 4.69) is 5.32 Å². The lowest BCUT2D eigenvalue weighted by atomic mass is 10.1. The molecule has 0 bridgehead atoms. The quantitative estimate of drug-likeness (QED) is 0.872. The van der Waals surface area contributed by atoms with Crippen LogP contribution in [0.25, 0.3) is 0 Å². The van der Waals surface area contributed by atoms with Crippen LogP contribution in [0, 0.1) is 13.8 Å². The largest absolute Gasteiger partial charge is 0.417 e. The van der Waals surface area contributed by atoms with E-state index in [0.29, 0.717) is 10.8 Å². The van der Waals surface area contributed by atoms with Gasteiger partial charge in [0.2, 0.25) is 0 Å². The SMILES string of the molecule is Cc1ccc(C)c(NC(=O)Oc2ccc(Cl)cc2)c1. The van der Waals surface area contributed by atoms with Crippen LogP contribution in [-0.2, 0) is 0 Å². The summed E-state index contributed by atoms with van der Waals surface area (Å²) in [5, 5.41) is 3.32. The Labute approximate surface area is 117 Å². The van der Waals surface area contributed by atoms with E-state index < -0.39 is 6.09 Å². The Hall–Kier alpha value is -2.00. The molecule has 2 aromatic carbocycles. The van der Waals surface area contributed by atoms with Crippen LogP contribution < -0.4 is 10.1 Å². The van der Waals surface area contributed by atoms with Gasteiger partial charge in [0.25, 0.3) is 0 Å². The van der Waals surface area contributed by atoms with E-state index >= 15 is 0 Å². The van der Waals surface area contributed by atoms with Crippen LogP contribution in [-0.4, -0.2) is 6.09 Å². The predicted octanol–water partition coefficient (Wildman–Crippen LogP) is 4.57. The smallest absolute Gasteiger partial charge is 0.410 e. The summed E-state index contributed by atoms with van der Waals surface area (Å²) in [7, 11) is 0. The highest BCUT2D eigenvalue weighted by Crippen LogP contribution is 2.19. The molecule has 0 spiro atoms. The third kappa shape index (κ3) is 3.73. The van der Waals surface area contributed by atoms with Crippen LogP contribution >= 0.6 is 11.6 Å². The third-order valence-electron chi connectivity index (χ3n) is 2.65. The van der Waals surface area contributed by atoms with E-state index in [-0.39, 0.29) is 0 Å². The fraction of sp³-hybridized carbons (Fsp3) is 0.133. The highest BCUT2D eigenvalue weighted by Gasteiger charge is 2.07. The van der Waals surface area contributed by atoms with E-state index in [1.807, 2.05) is 32.0 Å². The molecule has 0 aliphatic carbocycles. The Morgan fingerprint density at radius 1 is 1.11 bits per heavy atom. The Bertz CT molecular complexity index is 594. The monoisotopic (exact) mass is 275 g/mol. The number of benzene rings is 2. The first-order valence-electron chi connectivity index (χ1n) is 5.86. The van der Waals surface area contributed by atoms with E-state index in [4.69, 9.17) is 16.3 Å². The van der Waals surface area contributed by atoms with Crippen LogP contribution in [0.3, 0.4) is 0 Å². The molecule has 0 atom stereocenters. The van der Waals surface area contributed by atoms with E-state index in [0.717, 1.165) is 16.8 Å². The van der Waals surface area contributed by atoms with Crippen molar-refractivity contribution in [3.05, 3.63) is 58.6 Å². The number of rotatable bonds is 2. The minimum absolute atomic E-state index is 0.451. The molecule has 0 aliphatic heterocycles. The molecule has 98 valence electrons. The number of amides is 1. The van der Waals surface area contributed by atoms with Gasteiger partial charge in [-0.15, -0.1) is 0 Å². The maximum Gasteiger partial charge on any atom is 0.417 e. The molecule has 0 saturated heterocycles. The first-order chi connectivity index (χ1) is 9.04. The number of hydrogen-bond acceptors (Lipinski definition) is 2. The zero-order valence-electron chi connectivity index (χ0n) is 10.7. The summed E-state index contributed by atoms with van der Waals surface area (Å²) in [4.78, 5) is 11.8. The van der Waals surface area contributed by atoms with Crippen molar-refractivity contribution < 1.29 is 9.53 Å². The highest BCUT2D eigenvalue weighted by atomic mass is 35.5. The van der Waals surface area contributed by atoms with Gasteiger partial charge in [-0.25, -0.2) is 4.79 Å². The summed E-state index contributed by atoms with van der Waals surface area (Å²) in [5.41, 5.74) is 2.81. The number of halogens is 1. The fourth-order valence-electron chi connectivity index (χ4n) is 1.62. The Morgan fingerprint density at radius 3 is 2.47 bits per heavy atom. The van der Waals surface area contributed by atoms with Crippen molar-refractivity contribution in [3.8, 4) is 5.75 Å². The van der Waals surface area contributed by atoms with Crippen LogP contribution in [0.1, 0.15) is 11.1 Å². The Kier molecular flexibility index (Phi) is 4.07. The summed E-state index contributed by atoms with van der Waals surface area (Å²) >= 11 is 5.76. The zero-order valence-corrected chi connectivity index (χ0v) is 11.5. The zero-order chi connectivity index (χ0) is 13.8. The summed E-state index contributed by atoms with van der Waals surface area (Å²) in [5.74, 6) is 0.451. The lowest BCUT2D eigenvalue weighted by Gasteiger charge is -2.09. The van der Waals surface area contributed by atoms with Crippen molar-refractivity contribution in [1.29, 1.82) is 0 Å². The molecule has 0 unspecified atom stereocenters. The number of carbonyl (C=O) groups excluding carboxylic acids is 1. The maximum absolute atomic E-state index is 11.8. The summed E-state index contributed by atoms with van der Waals surface area (Å²) in [6.45, 7) is 3.90. The minimum atomic E-state index is -0.518. The molecule has 0 aromatic heterocycles. The summed E-state index contributed by atoms with van der Waals surface area (Å²) in [6, 6.07) is 12.5. The normalized spacial score (nSPS) is 10.1. The van der Waals surface area contributed by atoms with E-state index in [1.54, 1.807) is 24.3 Å². The molecule has 2 rings (SSSR count). The predicted molar refractivity (Wildman–Crippen MR) is 77.0 cm³/mol. The molecule has 19 heavy (non-hydrogen) atoms. The van der Waals surface area contributed by atoms with Gasteiger partial charge in [-0.05, 0) is 55.3 Å². The molecule has 0 heterocycles. The topological polar surface area (TPSA) is 38.3 Å². The second-order valence-electron chi connectivity index (χ2n) is 4.29. The molecule has 2 aromatic rings. The van der Waals surface area contributed by atoms with Crippen LogP contribution in [0.2, 0.25) is 5.02 Å². The first-order valence-corrected chi connectivity index (χ1v) is 6.24. The summed E-state index contributed by atoms with van der Waals surface area (Å²) < 4.78 is 5.16. The third-order valence-corrected chi connectivity index (χ3v) is 2.91. The van der Waals surface area contributed by atoms with E-state index in [1.165, 1.54) is 0 Å². The van der Waals surface area contributed by atoms with Crippen LogP contribution in [0.5, 0.6) is 5.75 Å². The number of hydrogen-bond donors (Lipinski definition) is 1. The number of anilines is 1. The van der Waals surface area contributed by atoms with Gasteiger partial charge in [-0.2, -0.15) is 0 Å². The standard InChI is InChI=1S/C15H14ClNO2/c1-10-3-4-11(2)14(9-10)17-15(18)19-13-7-5-12(16)6-8-13/h3-9H,1-2H3,(H,17,18). The molecule has 3 nitrogen and oxygen atoms in total. The lowest BCUT2D eigenvalue weighted by Crippen LogP contribution is -2.17. The molecule has 0 aliphatic rings. The second kappa shape index (κ2) is 5.76.